The van der Waals surface area contributed by atoms with Crippen LogP contribution in [0, 0.1) is 0 Å². The van der Waals surface area contributed by atoms with Gasteiger partial charge in [-0.05, 0) is 24.1 Å². The minimum atomic E-state index is -0.142. The summed E-state index contributed by atoms with van der Waals surface area (Å²) in [6, 6.07) is 13.4. The summed E-state index contributed by atoms with van der Waals surface area (Å²) in [6.07, 6.45) is 4.59. The van der Waals surface area contributed by atoms with Gasteiger partial charge in [-0.2, -0.15) is 0 Å². The van der Waals surface area contributed by atoms with Crippen LogP contribution >= 0.6 is 0 Å². The molecule has 1 aromatic carbocycles. The number of aromatic nitrogens is 1. The number of hydrogen-bond acceptors (Lipinski definition) is 3. The van der Waals surface area contributed by atoms with E-state index in [0.717, 1.165) is 5.56 Å². The van der Waals surface area contributed by atoms with Crippen LogP contribution in [0.3, 0.4) is 0 Å². The van der Waals surface area contributed by atoms with Gasteiger partial charge in [0.2, 0.25) is 11.8 Å². The summed E-state index contributed by atoms with van der Waals surface area (Å²) in [5.74, 6) is -0.186. The predicted molar refractivity (Wildman–Crippen MR) is 85.3 cm³/mol. The summed E-state index contributed by atoms with van der Waals surface area (Å²) < 4.78 is 0. The molecule has 1 aromatic heterocycles. The van der Waals surface area contributed by atoms with Crippen molar-refractivity contribution in [3.05, 3.63) is 60.4 Å². The van der Waals surface area contributed by atoms with E-state index in [1.54, 1.807) is 24.5 Å². The number of carbonyl (C=O) groups is 2. The lowest BCUT2D eigenvalue weighted by Crippen LogP contribution is -2.27. The zero-order valence-corrected chi connectivity index (χ0v) is 12.3. The van der Waals surface area contributed by atoms with E-state index < -0.39 is 0 Å². The Morgan fingerprint density at radius 1 is 0.955 bits per heavy atom. The Kier molecular flexibility index (Phi) is 6.11. The molecule has 2 amide bonds. The Morgan fingerprint density at radius 2 is 1.77 bits per heavy atom. The molecule has 114 valence electrons. The number of nitrogens with zero attached hydrogens (tertiary/aromatic N) is 1. The van der Waals surface area contributed by atoms with Gasteiger partial charge >= 0.3 is 0 Å². The number of hydrogen-bond donors (Lipinski definition) is 2. The molecule has 0 saturated heterocycles. The number of benzene rings is 1. The SMILES string of the molecule is O=C(CCc1ccccc1)NCCC(=O)Nc1cccnc1. The molecule has 0 aliphatic heterocycles. The zero-order valence-electron chi connectivity index (χ0n) is 12.3. The van der Waals surface area contributed by atoms with Crippen molar-refractivity contribution in [2.75, 3.05) is 11.9 Å². The average molecular weight is 297 g/mol. The molecule has 0 atom stereocenters. The first-order chi connectivity index (χ1) is 10.7. The van der Waals surface area contributed by atoms with Gasteiger partial charge in [0.15, 0.2) is 0 Å². The topological polar surface area (TPSA) is 71.1 Å². The standard InChI is InChI=1S/C17H19N3O2/c21-16(9-8-14-5-2-1-3-6-14)19-12-10-17(22)20-15-7-4-11-18-13-15/h1-7,11,13H,8-10,12H2,(H,19,21)(H,20,22). The van der Waals surface area contributed by atoms with E-state index in [1.165, 1.54) is 0 Å². The molecule has 0 radical (unpaired) electrons. The highest BCUT2D eigenvalue weighted by Crippen LogP contribution is 2.03. The van der Waals surface area contributed by atoms with Gasteiger partial charge in [-0.3, -0.25) is 14.6 Å². The van der Waals surface area contributed by atoms with E-state index in [9.17, 15) is 9.59 Å². The monoisotopic (exact) mass is 297 g/mol. The number of aryl methyl sites for hydroxylation is 1. The second-order valence-corrected chi connectivity index (χ2v) is 4.88. The van der Waals surface area contributed by atoms with Crippen LogP contribution in [0.15, 0.2) is 54.9 Å². The van der Waals surface area contributed by atoms with E-state index in [4.69, 9.17) is 0 Å². The van der Waals surface area contributed by atoms with Crippen LogP contribution in [-0.4, -0.2) is 23.3 Å². The summed E-state index contributed by atoms with van der Waals surface area (Å²) in [5, 5.41) is 5.47. The van der Waals surface area contributed by atoms with Gasteiger partial charge in [0.05, 0.1) is 11.9 Å². The lowest BCUT2D eigenvalue weighted by molar-refractivity contribution is -0.121. The molecular formula is C17H19N3O2. The van der Waals surface area contributed by atoms with Gasteiger partial charge < -0.3 is 10.6 Å². The summed E-state index contributed by atoms with van der Waals surface area (Å²) in [6.45, 7) is 0.333. The largest absolute Gasteiger partial charge is 0.356 e. The number of pyridine rings is 1. The second kappa shape index (κ2) is 8.56. The highest BCUT2D eigenvalue weighted by molar-refractivity contribution is 5.90. The first kappa shape index (κ1) is 15.7. The molecule has 2 aromatic rings. The van der Waals surface area contributed by atoms with Gasteiger partial charge in [-0.15, -0.1) is 0 Å². The molecule has 2 N–H and O–H groups in total. The van der Waals surface area contributed by atoms with E-state index in [2.05, 4.69) is 15.6 Å². The van der Waals surface area contributed by atoms with Crippen molar-refractivity contribution in [2.24, 2.45) is 0 Å². The molecule has 2 rings (SSSR count). The molecule has 0 fully saturated rings. The van der Waals surface area contributed by atoms with Crippen molar-refractivity contribution in [1.29, 1.82) is 0 Å². The molecule has 0 unspecified atom stereocenters. The molecule has 0 bridgehead atoms. The second-order valence-electron chi connectivity index (χ2n) is 4.88. The number of anilines is 1. The third-order valence-electron chi connectivity index (χ3n) is 3.10. The fourth-order valence-corrected chi connectivity index (χ4v) is 1.97. The van der Waals surface area contributed by atoms with Crippen LogP contribution in [0.4, 0.5) is 5.69 Å². The molecule has 0 aliphatic rings. The fourth-order valence-electron chi connectivity index (χ4n) is 1.97. The highest BCUT2D eigenvalue weighted by Gasteiger charge is 2.05. The van der Waals surface area contributed by atoms with Gasteiger partial charge in [0.25, 0.3) is 0 Å². The lowest BCUT2D eigenvalue weighted by atomic mass is 10.1. The van der Waals surface area contributed by atoms with Crippen molar-refractivity contribution in [1.82, 2.24) is 10.3 Å². The molecule has 5 heteroatoms. The Balaban J connectivity index is 1.61. The van der Waals surface area contributed by atoms with Crippen molar-refractivity contribution in [3.8, 4) is 0 Å². The molecule has 0 spiro atoms. The first-order valence-electron chi connectivity index (χ1n) is 7.24. The lowest BCUT2D eigenvalue weighted by Gasteiger charge is -2.06. The first-order valence-corrected chi connectivity index (χ1v) is 7.24. The maximum Gasteiger partial charge on any atom is 0.226 e. The number of carbonyl (C=O) groups excluding carboxylic acids is 2. The Labute approximate surface area is 129 Å². The number of nitrogens with one attached hydrogen (secondary N) is 2. The maximum absolute atomic E-state index is 11.7. The van der Waals surface area contributed by atoms with Crippen LogP contribution in [0.25, 0.3) is 0 Å². The van der Waals surface area contributed by atoms with E-state index >= 15 is 0 Å². The van der Waals surface area contributed by atoms with Crippen molar-refractivity contribution < 1.29 is 9.59 Å². The Bertz CT molecular complexity index is 600. The fraction of sp³-hybridized carbons (Fsp3) is 0.235. The van der Waals surface area contributed by atoms with Crippen molar-refractivity contribution in [3.63, 3.8) is 0 Å². The highest BCUT2D eigenvalue weighted by atomic mass is 16.2. The van der Waals surface area contributed by atoms with E-state index in [-0.39, 0.29) is 18.2 Å². The number of amides is 2. The third kappa shape index (κ3) is 5.75. The van der Waals surface area contributed by atoms with Crippen LogP contribution in [0.1, 0.15) is 18.4 Å². The van der Waals surface area contributed by atoms with Crippen LogP contribution in [-0.2, 0) is 16.0 Å². The normalized spacial score (nSPS) is 10.0. The molecule has 0 saturated carbocycles. The average Bonchev–Trinajstić information content (AvgIpc) is 2.55. The zero-order chi connectivity index (χ0) is 15.6. The quantitative estimate of drug-likeness (QED) is 0.822. The van der Waals surface area contributed by atoms with Crippen molar-refractivity contribution >= 4 is 17.5 Å². The summed E-state index contributed by atoms with van der Waals surface area (Å²) >= 11 is 0. The smallest absolute Gasteiger partial charge is 0.226 e. The minimum Gasteiger partial charge on any atom is -0.356 e. The Morgan fingerprint density at radius 3 is 2.50 bits per heavy atom. The van der Waals surface area contributed by atoms with Crippen molar-refractivity contribution in [2.45, 2.75) is 19.3 Å². The number of rotatable bonds is 7. The predicted octanol–water partition coefficient (Wildman–Crippen LogP) is 2.16. The molecule has 5 nitrogen and oxygen atoms in total. The maximum atomic E-state index is 11.7. The van der Waals surface area contributed by atoms with E-state index in [1.807, 2.05) is 30.3 Å². The summed E-state index contributed by atoms with van der Waals surface area (Å²) in [4.78, 5) is 27.3. The van der Waals surface area contributed by atoms with Gasteiger partial charge in [0, 0.05) is 25.6 Å². The van der Waals surface area contributed by atoms with Crippen LogP contribution < -0.4 is 10.6 Å². The molecule has 0 aliphatic carbocycles. The van der Waals surface area contributed by atoms with E-state index in [0.29, 0.717) is 25.1 Å². The Hall–Kier alpha value is -2.69. The molecule has 1 heterocycles. The summed E-state index contributed by atoms with van der Waals surface area (Å²) in [5.41, 5.74) is 1.79. The van der Waals surface area contributed by atoms with Crippen LogP contribution in [0.5, 0.6) is 0 Å². The van der Waals surface area contributed by atoms with Gasteiger partial charge in [0.1, 0.15) is 0 Å². The third-order valence-corrected chi connectivity index (χ3v) is 3.10. The van der Waals surface area contributed by atoms with Crippen LogP contribution in [0.2, 0.25) is 0 Å². The molecular weight excluding hydrogens is 278 g/mol. The molecule has 22 heavy (non-hydrogen) atoms. The van der Waals surface area contributed by atoms with Gasteiger partial charge in [-0.25, -0.2) is 0 Å². The van der Waals surface area contributed by atoms with Gasteiger partial charge in [-0.1, -0.05) is 30.3 Å². The summed E-state index contributed by atoms with van der Waals surface area (Å²) in [7, 11) is 0. The minimum absolute atomic E-state index is 0.0435.